The van der Waals surface area contributed by atoms with Crippen LogP contribution in [0.4, 0.5) is 5.69 Å². The summed E-state index contributed by atoms with van der Waals surface area (Å²) in [5.74, 6) is -0.281. The standard InChI is InChI=1S/C22H27ClN2O3S/c1-16(2)20-7-3-4-8-21(20)24-22(26)18-6-5-13-25(14-18)29(27,28)15-17-9-11-19(23)12-10-17/h3-4,7-12,16,18H,5-6,13-15H2,1-2H3,(H,24,26)/t18-/m1/s1. The van der Waals surface area contributed by atoms with E-state index in [9.17, 15) is 13.2 Å². The van der Waals surface area contributed by atoms with Crippen LogP contribution in [0.3, 0.4) is 0 Å². The van der Waals surface area contributed by atoms with Gasteiger partial charge < -0.3 is 5.32 Å². The number of halogens is 1. The van der Waals surface area contributed by atoms with Crippen molar-refractivity contribution in [2.75, 3.05) is 18.4 Å². The van der Waals surface area contributed by atoms with Crippen molar-refractivity contribution in [3.8, 4) is 0 Å². The average molecular weight is 435 g/mol. The van der Waals surface area contributed by atoms with Crippen molar-refractivity contribution in [2.24, 2.45) is 5.92 Å². The molecule has 2 aromatic rings. The number of hydrogen-bond donors (Lipinski definition) is 1. The van der Waals surface area contributed by atoms with Crippen LogP contribution >= 0.6 is 11.6 Å². The summed E-state index contributed by atoms with van der Waals surface area (Å²) < 4.78 is 27.2. The van der Waals surface area contributed by atoms with Crippen LogP contribution in [0.2, 0.25) is 5.02 Å². The van der Waals surface area contributed by atoms with Gasteiger partial charge in [0.2, 0.25) is 15.9 Å². The molecule has 0 unspecified atom stereocenters. The van der Waals surface area contributed by atoms with E-state index in [1.807, 2.05) is 24.3 Å². The maximum Gasteiger partial charge on any atom is 0.228 e. The van der Waals surface area contributed by atoms with Crippen molar-refractivity contribution in [1.82, 2.24) is 4.31 Å². The summed E-state index contributed by atoms with van der Waals surface area (Å²) in [4.78, 5) is 12.9. The summed E-state index contributed by atoms with van der Waals surface area (Å²) in [5.41, 5.74) is 2.56. The molecule has 1 atom stereocenters. The molecule has 0 aromatic heterocycles. The maximum absolute atomic E-state index is 12.9. The van der Waals surface area contributed by atoms with Crippen LogP contribution in [-0.2, 0) is 20.6 Å². The van der Waals surface area contributed by atoms with Gasteiger partial charge in [0.1, 0.15) is 0 Å². The Morgan fingerprint density at radius 2 is 1.86 bits per heavy atom. The Morgan fingerprint density at radius 3 is 2.55 bits per heavy atom. The largest absolute Gasteiger partial charge is 0.326 e. The second-order valence-electron chi connectivity index (χ2n) is 7.81. The second-order valence-corrected chi connectivity index (χ2v) is 10.2. The van der Waals surface area contributed by atoms with E-state index in [2.05, 4.69) is 19.2 Å². The Labute approximate surface area is 178 Å². The van der Waals surface area contributed by atoms with Gasteiger partial charge in [0.05, 0.1) is 11.7 Å². The lowest BCUT2D eigenvalue weighted by Crippen LogP contribution is -2.44. The van der Waals surface area contributed by atoms with Gasteiger partial charge in [0, 0.05) is 23.8 Å². The van der Waals surface area contributed by atoms with Gasteiger partial charge in [0.15, 0.2) is 0 Å². The molecule has 0 aliphatic carbocycles. The van der Waals surface area contributed by atoms with Crippen LogP contribution in [0.15, 0.2) is 48.5 Å². The Balaban J connectivity index is 1.68. The molecular weight excluding hydrogens is 408 g/mol. The predicted molar refractivity (Wildman–Crippen MR) is 118 cm³/mol. The fraction of sp³-hybridized carbons (Fsp3) is 0.409. The second kappa shape index (κ2) is 9.28. The van der Waals surface area contributed by atoms with Crippen molar-refractivity contribution < 1.29 is 13.2 Å². The molecule has 29 heavy (non-hydrogen) atoms. The van der Waals surface area contributed by atoms with Crippen molar-refractivity contribution in [2.45, 2.75) is 38.4 Å². The summed E-state index contributed by atoms with van der Waals surface area (Å²) in [7, 11) is -3.50. The number of sulfonamides is 1. The molecule has 3 rings (SSSR count). The van der Waals surface area contributed by atoms with E-state index in [0.29, 0.717) is 30.0 Å². The Hall–Kier alpha value is -1.89. The summed E-state index contributed by atoms with van der Waals surface area (Å²) in [6.07, 6.45) is 1.35. The minimum Gasteiger partial charge on any atom is -0.326 e. The van der Waals surface area contributed by atoms with Gasteiger partial charge in [-0.3, -0.25) is 4.79 Å². The molecule has 5 nitrogen and oxygen atoms in total. The first kappa shape index (κ1) is 21.8. The molecule has 1 fully saturated rings. The fourth-order valence-electron chi connectivity index (χ4n) is 3.64. The molecule has 1 heterocycles. The molecule has 1 amide bonds. The highest BCUT2D eigenvalue weighted by Gasteiger charge is 2.32. The number of anilines is 1. The number of carbonyl (C=O) groups is 1. The Kier molecular flexibility index (Phi) is 6.98. The van der Waals surface area contributed by atoms with Gasteiger partial charge >= 0.3 is 0 Å². The number of nitrogens with zero attached hydrogens (tertiary/aromatic N) is 1. The summed E-state index contributed by atoms with van der Waals surface area (Å²) in [6.45, 7) is 4.82. The maximum atomic E-state index is 12.9. The third-order valence-electron chi connectivity index (χ3n) is 5.25. The normalized spacial score (nSPS) is 18.0. The number of hydrogen-bond acceptors (Lipinski definition) is 3. The van der Waals surface area contributed by atoms with Gasteiger partial charge in [-0.1, -0.05) is 55.8 Å². The Morgan fingerprint density at radius 1 is 1.17 bits per heavy atom. The van der Waals surface area contributed by atoms with Crippen LogP contribution in [-0.4, -0.2) is 31.7 Å². The minimum absolute atomic E-state index is 0.0886. The molecule has 1 N–H and O–H groups in total. The number of benzene rings is 2. The first-order valence-electron chi connectivity index (χ1n) is 9.88. The van der Waals surface area contributed by atoms with Crippen molar-refractivity contribution in [3.05, 3.63) is 64.7 Å². The average Bonchev–Trinajstić information content (AvgIpc) is 2.70. The number of para-hydroxylation sites is 1. The van der Waals surface area contributed by atoms with Crippen LogP contribution in [0.25, 0.3) is 0 Å². The van der Waals surface area contributed by atoms with E-state index >= 15 is 0 Å². The number of nitrogens with one attached hydrogen (secondary N) is 1. The lowest BCUT2D eigenvalue weighted by Gasteiger charge is -2.31. The highest BCUT2D eigenvalue weighted by molar-refractivity contribution is 7.88. The lowest BCUT2D eigenvalue weighted by molar-refractivity contribution is -0.120. The SMILES string of the molecule is CC(C)c1ccccc1NC(=O)[C@@H]1CCCN(S(=O)(=O)Cc2ccc(Cl)cc2)C1. The monoisotopic (exact) mass is 434 g/mol. The highest BCUT2D eigenvalue weighted by atomic mass is 35.5. The number of carbonyl (C=O) groups excluding carboxylic acids is 1. The number of piperidine rings is 1. The van der Waals surface area contributed by atoms with Gasteiger partial charge in [-0.2, -0.15) is 0 Å². The molecule has 1 aliphatic rings. The molecule has 0 spiro atoms. The third kappa shape index (κ3) is 5.59. The fourth-order valence-corrected chi connectivity index (χ4v) is 5.38. The number of amides is 1. The molecule has 7 heteroatoms. The van der Waals surface area contributed by atoms with E-state index in [-0.39, 0.29) is 30.0 Å². The first-order valence-corrected chi connectivity index (χ1v) is 11.9. The number of rotatable bonds is 6. The zero-order valence-electron chi connectivity index (χ0n) is 16.8. The highest BCUT2D eigenvalue weighted by Crippen LogP contribution is 2.27. The van der Waals surface area contributed by atoms with Crippen LogP contribution in [0, 0.1) is 5.92 Å². The topological polar surface area (TPSA) is 66.5 Å². The zero-order chi connectivity index (χ0) is 21.0. The molecular formula is C22H27ClN2O3S. The molecule has 1 saturated heterocycles. The van der Waals surface area contributed by atoms with Crippen LogP contribution < -0.4 is 5.32 Å². The van der Waals surface area contributed by atoms with E-state index in [4.69, 9.17) is 11.6 Å². The van der Waals surface area contributed by atoms with Crippen molar-refractivity contribution in [3.63, 3.8) is 0 Å². The zero-order valence-corrected chi connectivity index (χ0v) is 18.3. The third-order valence-corrected chi connectivity index (χ3v) is 7.32. The van der Waals surface area contributed by atoms with E-state index in [1.165, 1.54) is 4.31 Å². The summed E-state index contributed by atoms with van der Waals surface area (Å²) in [5, 5.41) is 3.59. The smallest absolute Gasteiger partial charge is 0.228 e. The Bertz CT molecular complexity index is 958. The predicted octanol–water partition coefficient (Wildman–Crippen LogP) is 4.64. The molecule has 0 saturated carbocycles. The van der Waals surface area contributed by atoms with E-state index in [0.717, 1.165) is 11.3 Å². The first-order chi connectivity index (χ1) is 13.8. The summed E-state index contributed by atoms with van der Waals surface area (Å²) in [6, 6.07) is 14.6. The van der Waals surface area contributed by atoms with Crippen molar-refractivity contribution in [1.29, 1.82) is 0 Å². The van der Waals surface area contributed by atoms with E-state index < -0.39 is 10.0 Å². The van der Waals surface area contributed by atoms with Gasteiger partial charge in [0.25, 0.3) is 0 Å². The molecule has 2 aromatic carbocycles. The van der Waals surface area contributed by atoms with Crippen LogP contribution in [0.5, 0.6) is 0 Å². The summed E-state index contributed by atoms with van der Waals surface area (Å²) >= 11 is 5.88. The van der Waals surface area contributed by atoms with Crippen molar-refractivity contribution >= 4 is 33.2 Å². The lowest BCUT2D eigenvalue weighted by atomic mass is 9.97. The molecule has 0 radical (unpaired) electrons. The minimum atomic E-state index is -3.50. The molecule has 156 valence electrons. The van der Waals surface area contributed by atoms with Gasteiger partial charge in [-0.25, -0.2) is 12.7 Å². The van der Waals surface area contributed by atoms with Gasteiger partial charge in [-0.15, -0.1) is 0 Å². The molecule has 1 aliphatic heterocycles. The quantitative estimate of drug-likeness (QED) is 0.719. The molecule has 0 bridgehead atoms. The van der Waals surface area contributed by atoms with Gasteiger partial charge in [-0.05, 0) is 48.1 Å². The van der Waals surface area contributed by atoms with Crippen LogP contribution in [0.1, 0.15) is 43.7 Å². The van der Waals surface area contributed by atoms with E-state index in [1.54, 1.807) is 24.3 Å².